The Labute approximate surface area is 96.4 Å². The van der Waals surface area contributed by atoms with Crippen molar-refractivity contribution in [3.05, 3.63) is 34.9 Å². The first-order chi connectivity index (χ1) is 7.13. The standard InChI is InChI=1S/C11H14ClO2P/c1-3-14-15(13)8-9(2)10-4-6-11(12)7-5-10/h4-9H,3H2,1-2H3. The molecule has 1 aromatic carbocycles. The maximum absolute atomic E-state index is 11.3. The van der Waals surface area contributed by atoms with E-state index in [1.54, 1.807) is 5.80 Å². The highest BCUT2D eigenvalue weighted by Crippen LogP contribution is 2.21. The molecule has 1 rings (SSSR count). The van der Waals surface area contributed by atoms with Crippen LogP contribution in [0, 0.1) is 0 Å². The zero-order valence-electron chi connectivity index (χ0n) is 8.81. The summed E-state index contributed by atoms with van der Waals surface area (Å²) in [6.07, 6.45) is 0. The molecular formula is C11H14ClO2P. The third-order valence-corrected chi connectivity index (χ3v) is 3.45. The molecule has 0 aliphatic rings. The molecule has 15 heavy (non-hydrogen) atoms. The summed E-state index contributed by atoms with van der Waals surface area (Å²) in [6, 6.07) is 7.52. The number of benzene rings is 1. The van der Waals surface area contributed by atoms with E-state index in [1.807, 2.05) is 38.1 Å². The average molecular weight is 245 g/mol. The van der Waals surface area contributed by atoms with Gasteiger partial charge in [-0.1, -0.05) is 30.7 Å². The molecule has 0 saturated carbocycles. The van der Waals surface area contributed by atoms with Gasteiger partial charge in [-0.15, -0.1) is 0 Å². The van der Waals surface area contributed by atoms with Crippen molar-refractivity contribution in [2.75, 3.05) is 6.61 Å². The molecule has 0 radical (unpaired) electrons. The minimum atomic E-state index is -1.66. The highest BCUT2D eigenvalue weighted by atomic mass is 35.5. The van der Waals surface area contributed by atoms with Crippen LogP contribution >= 0.6 is 19.6 Å². The van der Waals surface area contributed by atoms with Crippen LogP contribution in [-0.2, 0) is 4.52 Å². The van der Waals surface area contributed by atoms with Crippen LogP contribution in [0.2, 0.25) is 5.02 Å². The molecular weight excluding hydrogens is 231 g/mol. The van der Waals surface area contributed by atoms with Crippen molar-refractivity contribution in [2.45, 2.75) is 19.8 Å². The topological polar surface area (TPSA) is 32.3 Å². The second-order valence-corrected chi connectivity index (χ2v) is 4.76. The minimum Gasteiger partial charge on any atom is -0.603 e. The average Bonchev–Trinajstić information content (AvgIpc) is 2.18. The van der Waals surface area contributed by atoms with Crippen molar-refractivity contribution >= 4 is 25.4 Å². The van der Waals surface area contributed by atoms with Gasteiger partial charge < -0.3 is 4.89 Å². The van der Waals surface area contributed by atoms with E-state index in [4.69, 9.17) is 16.1 Å². The fraction of sp³-hybridized carbons (Fsp3) is 0.364. The van der Waals surface area contributed by atoms with E-state index in [2.05, 4.69) is 0 Å². The normalized spacial score (nSPS) is 14.0. The second-order valence-electron chi connectivity index (χ2n) is 3.19. The predicted molar refractivity (Wildman–Crippen MR) is 64.5 cm³/mol. The summed E-state index contributed by atoms with van der Waals surface area (Å²) in [5, 5.41) is 0.708. The Bertz CT molecular complexity index is 335. The van der Waals surface area contributed by atoms with Crippen molar-refractivity contribution < 1.29 is 9.42 Å². The van der Waals surface area contributed by atoms with Crippen LogP contribution in [0.1, 0.15) is 25.3 Å². The van der Waals surface area contributed by atoms with E-state index in [0.717, 1.165) is 5.56 Å². The number of halogens is 1. The third kappa shape index (κ3) is 4.31. The smallest absolute Gasteiger partial charge is 0.217 e. The molecule has 2 atom stereocenters. The molecule has 0 aromatic heterocycles. The Morgan fingerprint density at radius 2 is 2.07 bits per heavy atom. The van der Waals surface area contributed by atoms with Crippen molar-refractivity contribution in [1.29, 1.82) is 0 Å². The Balaban J connectivity index is 2.72. The molecule has 82 valence electrons. The van der Waals surface area contributed by atoms with Gasteiger partial charge in [0.2, 0.25) is 8.00 Å². The van der Waals surface area contributed by atoms with Gasteiger partial charge in [0, 0.05) is 10.9 Å². The van der Waals surface area contributed by atoms with Gasteiger partial charge in [-0.2, -0.15) is 4.52 Å². The Morgan fingerprint density at radius 1 is 1.47 bits per heavy atom. The predicted octanol–water partition coefficient (Wildman–Crippen LogP) is 2.95. The van der Waals surface area contributed by atoms with Gasteiger partial charge in [0.05, 0.1) is 6.61 Å². The lowest BCUT2D eigenvalue weighted by Gasteiger charge is -2.05. The zero-order chi connectivity index (χ0) is 11.3. The first kappa shape index (κ1) is 12.7. The molecule has 1 aromatic rings. The quantitative estimate of drug-likeness (QED) is 0.763. The van der Waals surface area contributed by atoms with Gasteiger partial charge in [0.15, 0.2) is 0 Å². The van der Waals surface area contributed by atoms with Crippen molar-refractivity contribution in [1.82, 2.24) is 0 Å². The minimum absolute atomic E-state index is 0.109. The number of hydrogen-bond donors (Lipinski definition) is 0. The monoisotopic (exact) mass is 244 g/mol. The number of rotatable bonds is 4. The second kappa shape index (κ2) is 6.24. The van der Waals surface area contributed by atoms with E-state index >= 15 is 0 Å². The molecule has 0 aliphatic heterocycles. The van der Waals surface area contributed by atoms with Gasteiger partial charge >= 0.3 is 0 Å². The largest absolute Gasteiger partial charge is 0.603 e. The Morgan fingerprint density at radius 3 is 2.60 bits per heavy atom. The molecule has 0 bridgehead atoms. The Hall–Kier alpha value is -0.400. The Kier molecular flexibility index (Phi) is 5.27. The maximum Gasteiger partial charge on any atom is 0.217 e. The summed E-state index contributed by atoms with van der Waals surface area (Å²) < 4.78 is 4.99. The van der Waals surface area contributed by atoms with Crippen molar-refractivity contribution in [3.63, 3.8) is 0 Å². The fourth-order valence-corrected chi connectivity index (χ4v) is 2.21. The molecule has 2 unspecified atom stereocenters. The lowest BCUT2D eigenvalue weighted by Crippen LogP contribution is -2.00. The van der Waals surface area contributed by atoms with E-state index in [9.17, 15) is 4.89 Å². The molecule has 0 N–H and O–H groups in total. The molecule has 0 heterocycles. The zero-order valence-corrected chi connectivity index (χ0v) is 10.5. The summed E-state index contributed by atoms with van der Waals surface area (Å²) in [6.45, 7) is 4.28. The number of hydrogen-bond acceptors (Lipinski definition) is 2. The fourth-order valence-electron chi connectivity index (χ4n) is 1.21. The molecule has 4 heteroatoms. The maximum atomic E-state index is 11.3. The lowest BCUT2D eigenvalue weighted by molar-refractivity contribution is -0.171. The summed E-state index contributed by atoms with van der Waals surface area (Å²) in [5.41, 5.74) is 1.09. The molecule has 0 spiro atoms. The van der Waals surface area contributed by atoms with Crippen LogP contribution in [0.4, 0.5) is 0 Å². The van der Waals surface area contributed by atoms with Crippen LogP contribution in [0.15, 0.2) is 24.3 Å². The van der Waals surface area contributed by atoms with Crippen LogP contribution in [-0.4, -0.2) is 12.4 Å². The summed E-state index contributed by atoms with van der Waals surface area (Å²) >= 11 is 5.78. The van der Waals surface area contributed by atoms with Crippen LogP contribution in [0.25, 0.3) is 0 Å². The van der Waals surface area contributed by atoms with E-state index in [0.29, 0.717) is 11.6 Å². The van der Waals surface area contributed by atoms with Gasteiger partial charge in [0.1, 0.15) is 5.80 Å². The molecule has 0 aliphatic carbocycles. The third-order valence-electron chi connectivity index (χ3n) is 2.00. The molecule has 0 amide bonds. The highest BCUT2D eigenvalue weighted by molar-refractivity contribution is 7.44. The first-order valence-corrected chi connectivity index (χ1v) is 6.45. The van der Waals surface area contributed by atoms with Gasteiger partial charge in [0.25, 0.3) is 0 Å². The van der Waals surface area contributed by atoms with Crippen molar-refractivity contribution in [2.24, 2.45) is 0 Å². The van der Waals surface area contributed by atoms with Crippen LogP contribution < -0.4 is 4.89 Å². The summed E-state index contributed by atoms with van der Waals surface area (Å²) in [5.74, 6) is 1.82. The molecule has 2 nitrogen and oxygen atoms in total. The summed E-state index contributed by atoms with van der Waals surface area (Å²) in [7, 11) is -1.66. The van der Waals surface area contributed by atoms with E-state index in [-0.39, 0.29) is 5.92 Å². The summed E-state index contributed by atoms with van der Waals surface area (Å²) in [4.78, 5) is 11.3. The molecule has 0 saturated heterocycles. The van der Waals surface area contributed by atoms with Crippen molar-refractivity contribution in [3.8, 4) is 0 Å². The van der Waals surface area contributed by atoms with Crippen LogP contribution in [0.5, 0.6) is 0 Å². The highest BCUT2D eigenvalue weighted by Gasteiger charge is 2.07. The van der Waals surface area contributed by atoms with Gasteiger partial charge in [-0.3, -0.25) is 0 Å². The van der Waals surface area contributed by atoms with E-state index < -0.39 is 8.00 Å². The SMILES string of the molecule is CCO[P+]([O-])=CC(C)c1ccc(Cl)cc1. The van der Waals surface area contributed by atoms with E-state index in [1.165, 1.54) is 0 Å². The van der Waals surface area contributed by atoms with Gasteiger partial charge in [-0.25, -0.2) is 0 Å². The molecule has 0 fully saturated rings. The van der Waals surface area contributed by atoms with Crippen LogP contribution in [0.3, 0.4) is 0 Å². The first-order valence-electron chi connectivity index (χ1n) is 4.83. The van der Waals surface area contributed by atoms with Gasteiger partial charge in [-0.05, 0) is 24.6 Å². The lowest BCUT2D eigenvalue weighted by atomic mass is 10.0.